The molecular formula is C17H12ClN3OS. The van der Waals surface area contributed by atoms with Crippen LogP contribution in [-0.2, 0) is 0 Å². The summed E-state index contributed by atoms with van der Waals surface area (Å²) in [7, 11) is 0. The normalized spacial score (nSPS) is 12.0. The molecule has 0 amide bonds. The number of rotatable bonds is 3. The minimum absolute atomic E-state index is 0.175. The average Bonchev–Trinajstić information content (AvgIpc) is 2.55. The second-order valence-corrected chi connectivity index (χ2v) is 6.67. The maximum Gasteiger partial charge on any atom is 0.266 e. The van der Waals surface area contributed by atoms with Crippen LogP contribution >= 0.6 is 23.4 Å². The lowest BCUT2D eigenvalue weighted by atomic mass is 10.2. The Balaban J connectivity index is 2.33. The lowest BCUT2D eigenvalue weighted by Crippen LogP contribution is -2.22. The Bertz CT molecular complexity index is 977. The van der Waals surface area contributed by atoms with E-state index < -0.39 is 0 Å². The summed E-state index contributed by atoms with van der Waals surface area (Å²) in [6.45, 7) is 1.77. The van der Waals surface area contributed by atoms with Crippen molar-refractivity contribution in [3.63, 3.8) is 0 Å². The van der Waals surface area contributed by atoms with Crippen LogP contribution in [0.1, 0.15) is 6.92 Å². The van der Waals surface area contributed by atoms with Gasteiger partial charge in [0, 0.05) is 5.02 Å². The fourth-order valence-corrected chi connectivity index (χ4v) is 3.22. The molecule has 3 rings (SSSR count). The number of halogens is 1. The zero-order valence-electron chi connectivity index (χ0n) is 12.2. The first kappa shape index (κ1) is 15.6. The van der Waals surface area contributed by atoms with E-state index in [0.29, 0.717) is 26.8 Å². The van der Waals surface area contributed by atoms with Crippen LogP contribution < -0.4 is 5.56 Å². The summed E-state index contributed by atoms with van der Waals surface area (Å²) in [5.41, 5.74) is 1.07. The summed E-state index contributed by atoms with van der Waals surface area (Å²) in [6.07, 6.45) is 0. The largest absolute Gasteiger partial charge is 0.268 e. The highest BCUT2D eigenvalue weighted by Crippen LogP contribution is 2.25. The van der Waals surface area contributed by atoms with Crippen LogP contribution in [0.5, 0.6) is 0 Å². The molecule has 0 saturated heterocycles. The highest BCUT2D eigenvalue weighted by atomic mass is 35.5. The van der Waals surface area contributed by atoms with Crippen LogP contribution in [-0.4, -0.2) is 14.8 Å². The molecule has 4 nitrogen and oxygen atoms in total. The zero-order chi connectivity index (χ0) is 16.4. The molecule has 0 aliphatic rings. The topological polar surface area (TPSA) is 58.7 Å². The fourth-order valence-electron chi connectivity index (χ4n) is 2.22. The van der Waals surface area contributed by atoms with Crippen LogP contribution in [0.4, 0.5) is 0 Å². The van der Waals surface area contributed by atoms with Crippen molar-refractivity contribution in [2.45, 2.75) is 17.3 Å². The van der Waals surface area contributed by atoms with Gasteiger partial charge in [0.05, 0.1) is 27.9 Å². The predicted octanol–water partition coefficient (Wildman–Crippen LogP) is 4.04. The van der Waals surface area contributed by atoms with Crippen molar-refractivity contribution < 1.29 is 0 Å². The number of benzene rings is 2. The third-order valence-corrected chi connectivity index (χ3v) is 4.45. The molecule has 0 spiro atoms. The van der Waals surface area contributed by atoms with Gasteiger partial charge in [-0.3, -0.25) is 9.36 Å². The molecule has 0 unspecified atom stereocenters. The highest BCUT2D eigenvalue weighted by molar-refractivity contribution is 8.00. The van der Waals surface area contributed by atoms with Crippen molar-refractivity contribution in [2.24, 2.45) is 0 Å². The van der Waals surface area contributed by atoms with Gasteiger partial charge in [0.15, 0.2) is 5.16 Å². The van der Waals surface area contributed by atoms with Gasteiger partial charge >= 0.3 is 0 Å². The van der Waals surface area contributed by atoms with Crippen LogP contribution in [0.3, 0.4) is 0 Å². The van der Waals surface area contributed by atoms with Crippen LogP contribution in [0.15, 0.2) is 58.5 Å². The van der Waals surface area contributed by atoms with E-state index in [1.54, 1.807) is 49.4 Å². The van der Waals surface area contributed by atoms with Gasteiger partial charge in [-0.05, 0) is 37.3 Å². The van der Waals surface area contributed by atoms with Crippen LogP contribution in [0.25, 0.3) is 16.6 Å². The zero-order valence-corrected chi connectivity index (χ0v) is 13.8. The number of hydrogen-bond acceptors (Lipinski definition) is 4. The van der Waals surface area contributed by atoms with E-state index in [1.165, 1.54) is 16.3 Å². The van der Waals surface area contributed by atoms with Gasteiger partial charge in [-0.25, -0.2) is 4.98 Å². The number of nitrogens with zero attached hydrogens (tertiary/aromatic N) is 3. The van der Waals surface area contributed by atoms with Gasteiger partial charge in [0.2, 0.25) is 0 Å². The number of nitriles is 1. The first-order chi connectivity index (χ1) is 11.1. The Kier molecular flexibility index (Phi) is 4.37. The summed E-state index contributed by atoms with van der Waals surface area (Å²) >= 11 is 7.30. The third-order valence-electron chi connectivity index (χ3n) is 3.28. The van der Waals surface area contributed by atoms with E-state index in [-0.39, 0.29) is 10.8 Å². The maximum absolute atomic E-state index is 12.9. The summed E-state index contributed by atoms with van der Waals surface area (Å²) in [5, 5.41) is 10.3. The molecule has 23 heavy (non-hydrogen) atoms. The minimum atomic E-state index is -0.325. The van der Waals surface area contributed by atoms with Gasteiger partial charge < -0.3 is 0 Å². The second-order valence-electron chi connectivity index (χ2n) is 4.92. The Morgan fingerprint density at radius 1 is 1.26 bits per heavy atom. The third kappa shape index (κ3) is 3.09. The molecule has 0 bridgehead atoms. The first-order valence-electron chi connectivity index (χ1n) is 6.94. The van der Waals surface area contributed by atoms with Crippen molar-refractivity contribution in [1.82, 2.24) is 9.55 Å². The van der Waals surface area contributed by atoms with Crippen LogP contribution in [0.2, 0.25) is 5.02 Å². The SMILES string of the molecule is C[C@H](C#N)Sc1nc2ccccc2c(=O)n1-c1cccc(Cl)c1. The Labute approximate surface area is 142 Å². The molecule has 0 fully saturated rings. The van der Waals surface area contributed by atoms with Gasteiger partial charge in [0.25, 0.3) is 5.56 Å². The second kappa shape index (κ2) is 6.45. The molecule has 2 aromatic carbocycles. The predicted molar refractivity (Wildman–Crippen MR) is 93.3 cm³/mol. The quantitative estimate of drug-likeness (QED) is 0.533. The van der Waals surface area contributed by atoms with E-state index in [1.807, 2.05) is 6.07 Å². The monoisotopic (exact) mass is 341 g/mol. The minimum Gasteiger partial charge on any atom is -0.268 e. The number of thioether (sulfide) groups is 1. The lowest BCUT2D eigenvalue weighted by molar-refractivity contribution is 0.818. The molecular weight excluding hydrogens is 330 g/mol. The molecule has 0 saturated carbocycles. The number of hydrogen-bond donors (Lipinski definition) is 0. The standard InChI is InChI=1S/C17H12ClN3OS/c1-11(10-19)23-17-20-15-8-3-2-7-14(15)16(22)21(17)13-6-4-5-12(18)9-13/h2-9,11H,1H3/t11-/m1/s1. The molecule has 0 aliphatic heterocycles. The van der Waals surface area contributed by atoms with Crippen molar-refractivity contribution in [1.29, 1.82) is 5.26 Å². The van der Waals surface area contributed by atoms with E-state index in [2.05, 4.69) is 11.1 Å². The van der Waals surface area contributed by atoms with Crippen LogP contribution in [0, 0.1) is 11.3 Å². The fraction of sp³-hybridized carbons (Fsp3) is 0.118. The van der Waals surface area contributed by atoms with Crippen molar-refractivity contribution in [3.05, 3.63) is 63.9 Å². The molecule has 1 aromatic heterocycles. The van der Waals surface area contributed by atoms with Crippen molar-refractivity contribution >= 4 is 34.3 Å². The molecule has 0 radical (unpaired) electrons. The van der Waals surface area contributed by atoms with Gasteiger partial charge in [0.1, 0.15) is 0 Å². The summed E-state index contributed by atoms with van der Waals surface area (Å²) in [5.74, 6) is 0. The summed E-state index contributed by atoms with van der Waals surface area (Å²) in [6, 6.07) is 16.4. The first-order valence-corrected chi connectivity index (χ1v) is 8.20. The van der Waals surface area contributed by atoms with E-state index in [0.717, 1.165) is 0 Å². The van der Waals surface area contributed by atoms with Crippen molar-refractivity contribution in [3.8, 4) is 11.8 Å². The molecule has 0 N–H and O–H groups in total. The number of fused-ring (bicyclic) bond motifs is 1. The van der Waals surface area contributed by atoms with Gasteiger partial charge in [-0.15, -0.1) is 0 Å². The molecule has 114 valence electrons. The maximum atomic E-state index is 12.9. The molecule has 1 atom stereocenters. The molecule has 0 aliphatic carbocycles. The Morgan fingerprint density at radius 3 is 2.78 bits per heavy atom. The van der Waals surface area contributed by atoms with E-state index >= 15 is 0 Å². The lowest BCUT2D eigenvalue weighted by Gasteiger charge is -2.14. The molecule has 3 aromatic rings. The number of para-hydroxylation sites is 1. The van der Waals surface area contributed by atoms with Crippen molar-refractivity contribution in [2.75, 3.05) is 0 Å². The Morgan fingerprint density at radius 2 is 2.04 bits per heavy atom. The smallest absolute Gasteiger partial charge is 0.266 e. The van der Waals surface area contributed by atoms with E-state index in [9.17, 15) is 4.79 Å². The number of aromatic nitrogens is 2. The molecule has 6 heteroatoms. The Hall–Kier alpha value is -2.29. The summed E-state index contributed by atoms with van der Waals surface area (Å²) in [4.78, 5) is 17.5. The van der Waals surface area contributed by atoms with Gasteiger partial charge in [-0.1, -0.05) is 41.6 Å². The van der Waals surface area contributed by atoms with Gasteiger partial charge in [-0.2, -0.15) is 5.26 Å². The highest BCUT2D eigenvalue weighted by Gasteiger charge is 2.15. The van der Waals surface area contributed by atoms with E-state index in [4.69, 9.17) is 16.9 Å². The average molecular weight is 342 g/mol. The summed E-state index contributed by atoms with van der Waals surface area (Å²) < 4.78 is 1.51. The molecule has 1 heterocycles.